The largest absolute Gasteiger partial charge is 0.340 e. The van der Waals surface area contributed by atoms with Crippen molar-refractivity contribution in [3.63, 3.8) is 0 Å². The van der Waals surface area contributed by atoms with Gasteiger partial charge in [0.15, 0.2) is 0 Å². The zero-order chi connectivity index (χ0) is 33.1. The fourth-order valence-corrected chi connectivity index (χ4v) is 6.64. The van der Waals surface area contributed by atoms with E-state index in [1.54, 1.807) is 0 Å². The third-order valence-electron chi connectivity index (χ3n) is 9.06. The molecule has 1 heterocycles. The van der Waals surface area contributed by atoms with Crippen LogP contribution in [0.3, 0.4) is 0 Å². The van der Waals surface area contributed by atoms with Gasteiger partial charge < -0.3 is 4.57 Å². The van der Waals surface area contributed by atoms with Crippen molar-refractivity contribution < 1.29 is 0 Å². The Balaban J connectivity index is 0.000000145. The summed E-state index contributed by atoms with van der Waals surface area (Å²) in [6.45, 7) is 7.44. The molecule has 0 spiro atoms. The predicted molar refractivity (Wildman–Crippen MR) is 210 cm³/mol. The van der Waals surface area contributed by atoms with Crippen LogP contribution in [0.25, 0.3) is 49.8 Å². The van der Waals surface area contributed by atoms with Gasteiger partial charge in [-0.2, -0.15) is 0 Å². The number of fused-ring (bicyclic) bond motifs is 5. The lowest BCUT2D eigenvalue weighted by Gasteiger charge is -2.16. The van der Waals surface area contributed by atoms with Crippen LogP contribution in [0.15, 0.2) is 170 Å². The summed E-state index contributed by atoms with van der Waals surface area (Å²) >= 11 is 0. The van der Waals surface area contributed by atoms with Crippen LogP contribution in [-0.4, -0.2) is 4.57 Å². The van der Waals surface area contributed by atoms with Crippen molar-refractivity contribution in [2.24, 2.45) is 5.92 Å². The molecular formula is C47H45N. The van der Waals surface area contributed by atoms with Crippen LogP contribution in [0.4, 0.5) is 0 Å². The topological polar surface area (TPSA) is 4.93 Å². The highest BCUT2D eigenvalue weighted by Gasteiger charge is 2.16. The first kappa shape index (κ1) is 32.5. The van der Waals surface area contributed by atoms with Crippen LogP contribution in [0, 0.1) is 12.8 Å². The maximum Gasteiger partial charge on any atom is 0.0498 e. The van der Waals surface area contributed by atoms with E-state index in [-0.39, 0.29) is 0 Å². The van der Waals surface area contributed by atoms with E-state index in [0.29, 0.717) is 5.92 Å². The van der Waals surface area contributed by atoms with Crippen molar-refractivity contribution in [2.45, 2.75) is 40.2 Å². The van der Waals surface area contributed by atoms with E-state index in [4.69, 9.17) is 0 Å². The molecule has 1 aromatic heterocycles. The summed E-state index contributed by atoms with van der Waals surface area (Å²) in [4.78, 5) is 0. The van der Waals surface area contributed by atoms with Crippen LogP contribution >= 0.6 is 0 Å². The average molecular weight is 624 g/mol. The third-order valence-corrected chi connectivity index (χ3v) is 9.06. The quantitative estimate of drug-likeness (QED) is 0.180. The lowest BCUT2D eigenvalue weighted by Crippen LogP contribution is -2.09. The van der Waals surface area contributed by atoms with Crippen molar-refractivity contribution in [3.05, 3.63) is 187 Å². The maximum absolute atomic E-state index is 2.52. The van der Waals surface area contributed by atoms with E-state index < -0.39 is 0 Å². The summed E-state index contributed by atoms with van der Waals surface area (Å²) in [6, 6.07) is 49.4. The maximum atomic E-state index is 2.52. The standard InChI is InChI=1S/C24H21N.C12H10.C11H14/c1-17-11-13-22-21(15-17)24-20-10-6-5-9-19(20)12-14-23(24)25(22)16-18-7-3-2-4-8-18;1-3-7-11(8-4-1)12-9-5-2-6-10-12;1-3-7-11-9-6-5-8-10(11)4-2/h2-7,9-15,18H,8,16H2,1H3;1-10H;3,5-9H,4H2,1-2H3/b;;7-3-. The molecule has 0 radical (unpaired) electrons. The molecule has 0 amide bonds. The molecule has 1 aliphatic carbocycles. The summed E-state index contributed by atoms with van der Waals surface area (Å²) in [5.41, 5.74) is 9.33. The van der Waals surface area contributed by atoms with E-state index in [1.165, 1.54) is 60.4 Å². The molecule has 48 heavy (non-hydrogen) atoms. The minimum atomic E-state index is 0.566. The van der Waals surface area contributed by atoms with Crippen molar-refractivity contribution >= 4 is 38.7 Å². The van der Waals surface area contributed by atoms with Crippen LogP contribution in [0.5, 0.6) is 0 Å². The normalized spacial score (nSPS) is 13.8. The Hall–Kier alpha value is -5.40. The first-order valence-corrected chi connectivity index (χ1v) is 17.2. The Kier molecular flexibility index (Phi) is 10.8. The summed E-state index contributed by atoms with van der Waals surface area (Å²) in [7, 11) is 0. The second kappa shape index (κ2) is 15.9. The van der Waals surface area contributed by atoms with E-state index in [9.17, 15) is 0 Å². The number of rotatable bonds is 5. The first-order chi connectivity index (χ1) is 23.7. The van der Waals surface area contributed by atoms with E-state index in [0.717, 1.165) is 19.4 Å². The summed E-state index contributed by atoms with van der Waals surface area (Å²) in [6.07, 6.45) is 15.4. The van der Waals surface area contributed by atoms with Gasteiger partial charge in [0, 0.05) is 28.4 Å². The van der Waals surface area contributed by atoms with Gasteiger partial charge in [0.1, 0.15) is 0 Å². The molecule has 0 fully saturated rings. The van der Waals surface area contributed by atoms with Crippen molar-refractivity contribution in [2.75, 3.05) is 0 Å². The molecule has 0 N–H and O–H groups in total. The molecule has 0 aliphatic heterocycles. The minimum Gasteiger partial charge on any atom is -0.340 e. The van der Waals surface area contributed by atoms with Gasteiger partial charge in [-0.15, -0.1) is 0 Å². The Morgan fingerprint density at radius 3 is 2.02 bits per heavy atom. The number of aryl methyl sites for hydroxylation is 2. The molecule has 1 aliphatic rings. The number of hydrogen-bond donors (Lipinski definition) is 0. The zero-order valence-corrected chi connectivity index (χ0v) is 28.4. The second-order valence-corrected chi connectivity index (χ2v) is 12.4. The molecule has 0 saturated carbocycles. The van der Waals surface area contributed by atoms with E-state index >= 15 is 0 Å². The zero-order valence-electron chi connectivity index (χ0n) is 28.4. The Labute approximate surface area is 286 Å². The van der Waals surface area contributed by atoms with Gasteiger partial charge in [0.25, 0.3) is 0 Å². The highest BCUT2D eigenvalue weighted by atomic mass is 15.0. The van der Waals surface area contributed by atoms with Gasteiger partial charge >= 0.3 is 0 Å². The number of hydrogen-bond acceptors (Lipinski definition) is 0. The van der Waals surface area contributed by atoms with Crippen LogP contribution in [0.2, 0.25) is 0 Å². The molecule has 6 aromatic carbocycles. The van der Waals surface area contributed by atoms with E-state index in [1.807, 2.05) is 19.1 Å². The smallest absolute Gasteiger partial charge is 0.0498 e. The Bertz CT molecular complexity index is 2140. The van der Waals surface area contributed by atoms with Gasteiger partial charge in [0.05, 0.1) is 0 Å². The van der Waals surface area contributed by atoms with Crippen LogP contribution < -0.4 is 0 Å². The number of allylic oxidation sites excluding steroid dienone is 5. The molecule has 7 aromatic rings. The van der Waals surface area contributed by atoms with Crippen molar-refractivity contribution in [1.29, 1.82) is 0 Å². The van der Waals surface area contributed by atoms with Gasteiger partial charge in [-0.25, -0.2) is 0 Å². The van der Waals surface area contributed by atoms with Crippen LogP contribution in [-0.2, 0) is 13.0 Å². The molecule has 238 valence electrons. The lowest BCUT2D eigenvalue weighted by atomic mass is 10.0. The predicted octanol–water partition coefficient (Wildman–Crippen LogP) is 13.0. The van der Waals surface area contributed by atoms with Gasteiger partial charge in [-0.3, -0.25) is 0 Å². The average Bonchev–Trinajstić information content (AvgIpc) is 3.46. The van der Waals surface area contributed by atoms with Crippen molar-refractivity contribution in [1.82, 2.24) is 4.57 Å². The molecule has 0 bridgehead atoms. The second-order valence-electron chi connectivity index (χ2n) is 12.4. The molecule has 1 unspecified atom stereocenters. The van der Waals surface area contributed by atoms with E-state index in [2.05, 4.69) is 182 Å². The molecule has 0 saturated heterocycles. The fraction of sp³-hybridized carbons (Fsp3) is 0.149. The summed E-state index contributed by atoms with van der Waals surface area (Å²) < 4.78 is 2.52. The van der Waals surface area contributed by atoms with Crippen molar-refractivity contribution in [3.8, 4) is 11.1 Å². The third kappa shape index (κ3) is 7.59. The fourth-order valence-electron chi connectivity index (χ4n) is 6.64. The number of benzene rings is 6. The number of nitrogens with zero attached hydrogens (tertiary/aromatic N) is 1. The highest BCUT2D eigenvalue weighted by Crippen LogP contribution is 2.36. The Morgan fingerprint density at radius 2 is 1.33 bits per heavy atom. The van der Waals surface area contributed by atoms with Crippen LogP contribution in [0.1, 0.15) is 37.0 Å². The molecule has 1 nitrogen and oxygen atoms in total. The SMILES string of the molecule is C/C=C\c1ccccc1CC.Cc1ccc2c(c1)c1c3ccccc3ccc1n2CC1C=CC=CC1.c1ccc(-c2ccccc2)cc1. The number of aromatic nitrogens is 1. The molecule has 1 heteroatoms. The Morgan fingerprint density at radius 1 is 0.667 bits per heavy atom. The van der Waals surface area contributed by atoms with Gasteiger partial charge in [0.2, 0.25) is 0 Å². The summed E-state index contributed by atoms with van der Waals surface area (Å²) in [5, 5.41) is 5.44. The monoisotopic (exact) mass is 623 g/mol. The summed E-state index contributed by atoms with van der Waals surface area (Å²) in [5.74, 6) is 0.566. The minimum absolute atomic E-state index is 0.566. The molecular weight excluding hydrogens is 579 g/mol. The van der Waals surface area contributed by atoms with Gasteiger partial charge in [-0.05, 0) is 83.8 Å². The lowest BCUT2D eigenvalue weighted by molar-refractivity contribution is 0.554. The van der Waals surface area contributed by atoms with Gasteiger partial charge in [-0.1, -0.05) is 170 Å². The molecule has 8 rings (SSSR count). The molecule has 1 atom stereocenters. The first-order valence-electron chi connectivity index (χ1n) is 17.2. The highest BCUT2D eigenvalue weighted by molar-refractivity contribution is 6.20.